The van der Waals surface area contributed by atoms with E-state index in [-0.39, 0.29) is 39.8 Å². The summed E-state index contributed by atoms with van der Waals surface area (Å²) < 4.78 is 153. The van der Waals surface area contributed by atoms with Crippen LogP contribution < -0.4 is 19.6 Å². The fourth-order valence-corrected chi connectivity index (χ4v) is 22.0. The second-order valence-corrected chi connectivity index (χ2v) is 38.6. The van der Waals surface area contributed by atoms with Crippen molar-refractivity contribution in [3.8, 4) is 55.8 Å². The maximum absolute atomic E-state index is 15.2. The highest BCUT2D eigenvalue weighted by Crippen LogP contribution is 2.61. The van der Waals surface area contributed by atoms with Gasteiger partial charge in [0, 0.05) is 146 Å². The van der Waals surface area contributed by atoms with Gasteiger partial charge in [-0.05, 0) is 265 Å². The lowest BCUT2D eigenvalue weighted by molar-refractivity contribution is 0.509. The molecule has 0 spiro atoms. The van der Waals surface area contributed by atoms with Crippen molar-refractivity contribution in [3.63, 3.8) is 0 Å². The number of hydrogen-bond donors (Lipinski definition) is 0. The summed E-state index contributed by atoms with van der Waals surface area (Å²) in [6.45, 7) is 15.3. The lowest BCUT2D eigenvalue weighted by Gasteiger charge is -2.28. The minimum Gasteiger partial charge on any atom is -0.310 e. The molecule has 4 heterocycles. The summed E-state index contributed by atoms with van der Waals surface area (Å²) in [5.41, 5.74) is 25.8. The van der Waals surface area contributed by atoms with Gasteiger partial charge in [0.15, 0.2) is 23.3 Å². The van der Waals surface area contributed by atoms with E-state index < -0.39 is 57.4 Å². The first kappa shape index (κ1) is 86.1. The quantitative estimate of drug-likeness (QED) is 0.0954. The van der Waals surface area contributed by atoms with Gasteiger partial charge in [0.2, 0.25) is 0 Å². The van der Waals surface area contributed by atoms with E-state index in [2.05, 4.69) is 267 Å². The van der Waals surface area contributed by atoms with Gasteiger partial charge in [-0.25, -0.2) is 43.9 Å². The van der Waals surface area contributed by atoms with Gasteiger partial charge < -0.3 is 28.4 Å². The Balaban J connectivity index is 0.000000153. The summed E-state index contributed by atoms with van der Waals surface area (Å²) in [5, 5.41) is 10.2. The highest BCUT2D eigenvalue weighted by atomic mass is 19.2. The van der Waals surface area contributed by atoms with Crippen molar-refractivity contribution in [3.05, 3.63) is 468 Å². The Kier molecular flexibility index (Phi) is 20.0. The average Bonchev–Trinajstić information content (AvgIpc) is 1.50. The van der Waals surface area contributed by atoms with Gasteiger partial charge in [0.05, 0.1) is 44.8 Å². The molecule has 0 unspecified atom stereocenters. The number of rotatable bonds is 15. The Labute approximate surface area is 800 Å². The summed E-state index contributed by atoms with van der Waals surface area (Å²) in [6, 6.07) is 117. The summed E-state index contributed by atoms with van der Waals surface area (Å²) in [7, 11) is 0. The van der Waals surface area contributed by atoms with Crippen LogP contribution in [0.25, 0.3) is 132 Å². The van der Waals surface area contributed by atoms with Crippen LogP contribution in [0.15, 0.2) is 382 Å². The highest BCUT2D eigenvalue weighted by molar-refractivity contribution is 6.29. The van der Waals surface area contributed by atoms with Crippen molar-refractivity contribution in [2.24, 2.45) is 0 Å². The zero-order valence-corrected chi connectivity index (χ0v) is 76.8. The number of aromatic nitrogens is 2. The monoisotopic (exact) mass is 1850 g/mol. The van der Waals surface area contributed by atoms with Crippen LogP contribution in [-0.4, -0.2) is 8.80 Å². The maximum Gasteiger partial charge on any atom is 0.160 e. The van der Waals surface area contributed by atoms with Gasteiger partial charge in [-0.2, -0.15) is 0 Å². The topological polar surface area (TPSA) is 21.8 Å². The molecule has 2 aliphatic carbocycles. The molecule has 0 radical (unpaired) electrons. The van der Waals surface area contributed by atoms with Gasteiger partial charge in [-0.3, -0.25) is 0 Å². The first-order valence-corrected chi connectivity index (χ1v) is 46.5. The molecule has 140 heavy (non-hydrogen) atoms. The number of halogens is 10. The Morgan fingerprint density at radius 3 is 1.18 bits per heavy atom. The van der Waals surface area contributed by atoms with E-state index in [1.807, 2.05) is 78.9 Å². The van der Waals surface area contributed by atoms with Crippen molar-refractivity contribution in [2.75, 3.05) is 19.6 Å². The van der Waals surface area contributed by atoms with Gasteiger partial charge in [-0.15, -0.1) is 0 Å². The van der Waals surface area contributed by atoms with E-state index in [1.54, 1.807) is 6.07 Å². The molecule has 0 aliphatic heterocycles. The van der Waals surface area contributed by atoms with Crippen molar-refractivity contribution >= 4 is 144 Å². The fraction of sp³-hybridized carbons (Fsp3) is 0.0806. The van der Waals surface area contributed by atoms with Crippen molar-refractivity contribution in [1.82, 2.24) is 8.80 Å². The lowest BCUT2D eigenvalue weighted by Crippen LogP contribution is -2.19. The minimum atomic E-state index is -1.14. The van der Waals surface area contributed by atoms with Crippen LogP contribution in [0.1, 0.15) is 76.4 Å². The summed E-state index contributed by atoms with van der Waals surface area (Å²) >= 11 is 0. The molecule has 0 amide bonds. The molecular formula is C124H84F10N6. The van der Waals surface area contributed by atoms with Crippen molar-refractivity contribution in [2.45, 2.75) is 64.7 Å². The predicted molar refractivity (Wildman–Crippen MR) is 551 cm³/mol. The van der Waals surface area contributed by atoms with Gasteiger partial charge in [-0.1, -0.05) is 218 Å². The third-order valence-electron chi connectivity index (χ3n) is 28.4. The molecular weight excluding hydrogens is 1760 g/mol. The minimum absolute atomic E-state index is 0.0415. The van der Waals surface area contributed by atoms with Crippen LogP contribution in [0.5, 0.6) is 0 Å². The molecule has 0 saturated heterocycles. The van der Waals surface area contributed by atoms with Crippen LogP contribution in [0, 0.1) is 58.2 Å². The molecule has 0 saturated carbocycles. The molecule has 0 fully saturated rings. The lowest BCUT2D eigenvalue weighted by atomic mass is 9.79. The number of fused-ring (bicyclic) bond motifs is 20. The van der Waals surface area contributed by atoms with Gasteiger partial charge in [0.25, 0.3) is 0 Å². The first-order valence-electron chi connectivity index (χ1n) is 46.5. The molecule has 16 heteroatoms. The Bertz CT molecular complexity index is 8920. The normalized spacial score (nSPS) is 13.0. The molecule has 4 aromatic heterocycles. The number of benzene rings is 19. The molecule has 680 valence electrons. The van der Waals surface area contributed by atoms with E-state index in [0.29, 0.717) is 16.8 Å². The van der Waals surface area contributed by atoms with Crippen LogP contribution in [-0.2, 0) is 16.2 Å². The molecule has 19 aromatic carbocycles. The van der Waals surface area contributed by atoms with Gasteiger partial charge in [0.1, 0.15) is 34.9 Å². The number of anilines is 12. The summed E-state index contributed by atoms with van der Waals surface area (Å²) in [5.74, 6) is -8.43. The zero-order valence-electron chi connectivity index (χ0n) is 76.8. The van der Waals surface area contributed by atoms with Crippen molar-refractivity contribution < 1.29 is 43.9 Å². The molecule has 25 rings (SSSR count). The van der Waals surface area contributed by atoms with E-state index in [9.17, 15) is 30.7 Å². The summed E-state index contributed by atoms with van der Waals surface area (Å²) in [4.78, 5) is 7.45. The van der Waals surface area contributed by atoms with Crippen LogP contribution >= 0.6 is 0 Å². The zero-order chi connectivity index (χ0) is 96.0. The van der Waals surface area contributed by atoms with Crippen LogP contribution in [0.3, 0.4) is 0 Å². The SMILES string of the molecule is CC(C)(C)c1cc2c3c(n4c5cc(N(c6cc(F)cc(F)c6)c6ccc(F)c(F)c6)c6ccccc6c5c(c1)c24)-c1ccc(N(c2cc(F)cc(F)c2)c2ccc(F)c(F)c2)cc1C3(C)C.CC1(C)c2cc(N(c3ccc(F)cc3)c3ccc(-c4ccccc4)cc3)ccc2-c2c1n1c3c2cc(-c2ccccc2)cc3c2ccc3ccc(N(c4ccc(F)cc4)c4ccc(-c5ccccc5)cc4)cc3c21. The predicted octanol–water partition coefficient (Wildman–Crippen LogP) is 35.9. The van der Waals surface area contributed by atoms with E-state index in [0.717, 1.165) is 199 Å². The molecule has 0 N–H and O–H groups in total. The number of nitrogens with zero attached hydrogens (tertiary/aromatic N) is 6. The fourth-order valence-electron chi connectivity index (χ4n) is 22.0. The number of hydrogen-bond acceptors (Lipinski definition) is 4. The first-order chi connectivity index (χ1) is 67.6. The smallest absolute Gasteiger partial charge is 0.160 e. The largest absolute Gasteiger partial charge is 0.310 e. The molecule has 0 bridgehead atoms. The Morgan fingerprint density at radius 2 is 0.650 bits per heavy atom. The van der Waals surface area contributed by atoms with E-state index >= 15 is 13.2 Å². The average molecular weight is 1850 g/mol. The standard InChI is InChI=1S/C69H47F2N3.C55H37F8N3/c1-69(2)64-43-58(73(56-35-26-52(71)27-36-56)54-30-20-48(21-31-54)45-14-8-4-9-15-45)37-39-60(64)65-63-41-50(46-16-10-5-11-17-46)40-62-59-38-23-49-22-32-57(42-61(49)66(59)74(67(62)63)68(65)69)72(55-33-24-51(70)25-34-55)53-28-18-47(19-29-53)44-12-6-3-7-13-44;1-54(2,3)28-16-41-50-39-9-7-6-8-38(39)48(65(35-12-15-45(61)47(63)26-35)37-22-31(58)19-32(59)23-37)27-49(50)66-52(41)42(17-28)51-53(66)40-13-10-33(24-43(40)55(51,4)5)64(34-11-14-44(60)46(62)25-34)36-20-29(56)18-30(57)21-36/h3-43H,1-2H3;6-27H,1-5H3. The van der Waals surface area contributed by atoms with Crippen molar-refractivity contribution in [1.29, 1.82) is 0 Å². The second-order valence-electron chi connectivity index (χ2n) is 38.6. The second kappa shape index (κ2) is 32.5. The molecule has 23 aromatic rings. The third-order valence-corrected chi connectivity index (χ3v) is 28.4. The van der Waals surface area contributed by atoms with Crippen LogP contribution in [0.2, 0.25) is 0 Å². The third kappa shape index (κ3) is 14.0. The van der Waals surface area contributed by atoms with Crippen LogP contribution in [0.4, 0.5) is 112 Å². The maximum atomic E-state index is 15.2. The van der Waals surface area contributed by atoms with E-state index in [1.165, 1.54) is 95.8 Å². The molecule has 2 aliphatic rings. The summed E-state index contributed by atoms with van der Waals surface area (Å²) in [6.07, 6.45) is 0. The Hall–Kier alpha value is -16.7. The van der Waals surface area contributed by atoms with Gasteiger partial charge >= 0.3 is 0 Å². The Morgan fingerprint density at radius 1 is 0.250 bits per heavy atom. The molecule has 6 nitrogen and oxygen atoms in total. The highest BCUT2D eigenvalue weighted by Gasteiger charge is 2.45. The van der Waals surface area contributed by atoms with E-state index in [4.69, 9.17) is 0 Å². The molecule has 0 atom stereocenters.